The highest BCUT2D eigenvalue weighted by molar-refractivity contribution is 6.09. The minimum Gasteiger partial charge on any atom is -0.410 e. The lowest BCUT2D eigenvalue weighted by Crippen LogP contribution is -2.36. The van der Waals surface area contributed by atoms with Gasteiger partial charge in [-0.25, -0.2) is 0 Å². The van der Waals surface area contributed by atoms with E-state index in [1.165, 1.54) is 0 Å². The molecule has 0 unspecified atom stereocenters. The standard InChI is InChI=1S/C12H11N3O/c1-15-9-5-3-7-11(15)12(14-16)10-6-2-4-8-13-10/h2-9H,1H3/p+1. The van der Waals surface area contributed by atoms with Gasteiger partial charge in [-0.2, -0.15) is 4.57 Å². The van der Waals surface area contributed by atoms with Gasteiger partial charge in [-0.3, -0.25) is 4.98 Å². The molecule has 0 spiro atoms. The molecule has 2 aromatic rings. The fourth-order valence-electron chi connectivity index (χ4n) is 1.51. The molecular formula is C12H12N3O+. The summed E-state index contributed by atoms with van der Waals surface area (Å²) in [4.78, 5) is 4.16. The smallest absolute Gasteiger partial charge is 0.236 e. The Labute approximate surface area is 93.5 Å². The van der Waals surface area contributed by atoms with Gasteiger partial charge in [0, 0.05) is 18.3 Å². The van der Waals surface area contributed by atoms with Crippen LogP contribution < -0.4 is 4.57 Å². The second-order valence-corrected chi connectivity index (χ2v) is 3.36. The van der Waals surface area contributed by atoms with Gasteiger partial charge in [-0.05, 0) is 18.2 Å². The van der Waals surface area contributed by atoms with Crippen LogP contribution in [0.25, 0.3) is 0 Å². The van der Waals surface area contributed by atoms with Crippen LogP contribution in [0.4, 0.5) is 0 Å². The average molecular weight is 214 g/mol. The topological polar surface area (TPSA) is 49.4 Å². The predicted molar refractivity (Wildman–Crippen MR) is 59.3 cm³/mol. The molecule has 0 aliphatic rings. The van der Waals surface area contributed by atoms with Crippen molar-refractivity contribution in [1.29, 1.82) is 0 Å². The van der Waals surface area contributed by atoms with Crippen molar-refractivity contribution in [3.05, 3.63) is 60.2 Å². The van der Waals surface area contributed by atoms with E-state index in [0.717, 1.165) is 5.69 Å². The van der Waals surface area contributed by atoms with Gasteiger partial charge in [0.1, 0.15) is 7.05 Å². The predicted octanol–water partition coefficient (Wildman–Crippen LogP) is 1.13. The number of nitrogens with zero attached hydrogens (tertiary/aromatic N) is 3. The molecule has 4 nitrogen and oxygen atoms in total. The van der Waals surface area contributed by atoms with Crippen molar-refractivity contribution in [2.75, 3.05) is 0 Å². The van der Waals surface area contributed by atoms with Gasteiger partial charge in [0.2, 0.25) is 5.69 Å². The number of rotatable bonds is 2. The van der Waals surface area contributed by atoms with E-state index in [1.807, 2.05) is 54.2 Å². The second kappa shape index (κ2) is 4.53. The Morgan fingerprint density at radius 2 is 2.06 bits per heavy atom. The van der Waals surface area contributed by atoms with Crippen molar-refractivity contribution < 1.29 is 9.77 Å². The lowest BCUT2D eigenvalue weighted by Gasteiger charge is -2.01. The zero-order valence-electron chi connectivity index (χ0n) is 8.91. The first-order valence-electron chi connectivity index (χ1n) is 4.91. The van der Waals surface area contributed by atoms with E-state index in [-0.39, 0.29) is 0 Å². The molecule has 80 valence electrons. The van der Waals surface area contributed by atoms with Crippen LogP contribution >= 0.6 is 0 Å². The number of pyridine rings is 2. The van der Waals surface area contributed by atoms with Crippen LogP contribution in [-0.4, -0.2) is 15.9 Å². The van der Waals surface area contributed by atoms with E-state index >= 15 is 0 Å². The summed E-state index contributed by atoms with van der Waals surface area (Å²) < 4.78 is 1.88. The Morgan fingerprint density at radius 3 is 2.69 bits per heavy atom. The quantitative estimate of drug-likeness (QED) is 0.352. The van der Waals surface area contributed by atoms with Gasteiger partial charge in [0.05, 0.1) is 5.69 Å². The van der Waals surface area contributed by atoms with E-state index in [9.17, 15) is 0 Å². The third kappa shape index (κ3) is 1.91. The van der Waals surface area contributed by atoms with Crippen LogP contribution in [0.1, 0.15) is 11.4 Å². The minimum absolute atomic E-state index is 0.462. The minimum atomic E-state index is 0.462. The van der Waals surface area contributed by atoms with Crippen LogP contribution in [0.2, 0.25) is 0 Å². The maximum absolute atomic E-state index is 9.09. The van der Waals surface area contributed by atoms with Crippen molar-refractivity contribution in [2.24, 2.45) is 12.2 Å². The fraction of sp³-hybridized carbons (Fsp3) is 0.0833. The lowest BCUT2D eigenvalue weighted by atomic mass is 10.1. The number of aryl methyl sites for hydroxylation is 1. The number of hydrogen-bond acceptors (Lipinski definition) is 3. The van der Waals surface area contributed by atoms with Crippen molar-refractivity contribution in [3.63, 3.8) is 0 Å². The monoisotopic (exact) mass is 214 g/mol. The van der Waals surface area contributed by atoms with Gasteiger partial charge in [-0.15, -0.1) is 0 Å². The van der Waals surface area contributed by atoms with Gasteiger partial charge >= 0.3 is 0 Å². The molecule has 0 aliphatic carbocycles. The molecule has 0 bridgehead atoms. The molecule has 16 heavy (non-hydrogen) atoms. The number of hydrogen-bond donors (Lipinski definition) is 1. The Bertz CT molecular complexity index is 509. The molecule has 0 amide bonds. The van der Waals surface area contributed by atoms with Gasteiger partial charge in [0.15, 0.2) is 11.9 Å². The lowest BCUT2D eigenvalue weighted by molar-refractivity contribution is -0.672. The van der Waals surface area contributed by atoms with E-state index in [2.05, 4.69) is 10.1 Å². The molecule has 0 saturated heterocycles. The Hall–Kier alpha value is -2.23. The highest BCUT2D eigenvalue weighted by Crippen LogP contribution is 2.03. The average Bonchev–Trinajstić information content (AvgIpc) is 2.34. The fourth-order valence-corrected chi connectivity index (χ4v) is 1.51. The molecule has 2 rings (SSSR count). The van der Waals surface area contributed by atoms with Crippen LogP contribution in [0, 0.1) is 0 Å². The van der Waals surface area contributed by atoms with Gasteiger partial charge < -0.3 is 5.21 Å². The largest absolute Gasteiger partial charge is 0.410 e. The van der Waals surface area contributed by atoms with Gasteiger partial charge in [-0.1, -0.05) is 11.2 Å². The summed E-state index contributed by atoms with van der Waals surface area (Å²) in [5.41, 5.74) is 1.92. The summed E-state index contributed by atoms with van der Waals surface area (Å²) >= 11 is 0. The number of oxime groups is 1. The highest BCUT2D eigenvalue weighted by atomic mass is 16.4. The molecule has 1 N–H and O–H groups in total. The normalized spacial score (nSPS) is 11.4. The summed E-state index contributed by atoms with van der Waals surface area (Å²) in [5, 5.41) is 12.4. The van der Waals surface area contributed by atoms with Crippen LogP contribution in [0.3, 0.4) is 0 Å². The van der Waals surface area contributed by atoms with Crippen LogP contribution in [0.5, 0.6) is 0 Å². The summed E-state index contributed by atoms with van der Waals surface area (Å²) in [6, 6.07) is 11.2. The maximum Gasteiger partial charge on any atom is 0.236 e. The summed E-state index contributed by atoms with van der Waals surface area (Å²) in [7, 11) is 1.89. The van der Waals surface area contributed by atoms with E-state index < -0.39 is 0 Å². The molecule has 2 aromatic heterocycles. The van der Waals surface area contributed by atoms with Crippen molar-refractivity contribution in [3.8, 4) is 0 Å². The van der Waals surface area contributed by atoms with Crippen molar-refractivity contribution in [1.82, 2.24) is 4.98 Å². The first-order valence-corrected chi connectivity index (χ1v) is 4.91. The van der Waals surface area contributed by atoms with Crippen LogP contribution in [0.15, 0.2) is 53.9 Å². The third-order valence-corrected chi connectivity index (χ3v) is 2.30. The van der Waals surface area contributed by atoms with Gasteiger partial charge in [0.25, 0.3) is 0 Å². The zero-order valence-corrected chi connectivity index (χ0v) is 8.91. The molecule has 0 saturated carbocycles. The molecule has 0 fully saturated rings. The highest BCUT2D eigenvalue weighted by Gasteiger charge is 2.17. The molecule has 4 heteroatoms. The summed E-state index contributed by atoms with van der Waals surface area (Å²) in [6.07, 6.45) is 3.56. The molecule has 0 aromatic carbocycles. The Morgan fingerprint density at radius 1 is 1.25 bits per heavy atom. The summed E-state index contributed by atoms with van der Waals surface area (Å²) in [6.45, 7) is 0. The molecule has 0 atom stereocenters. The molecule has 2 heterocycles. The Balaban J connectivity index is 2.51. The SMILES string of the molecule is C[n+]1ccccc1C(=NO)c1ccccn1. The molecule has 0 radical (unpaired) electrons. The first kappa shape index (κ1) is 10.3. The molecule has 0 aliphatic heterocycles. The summed E-state index contributed by atoms with van der Waals surface area (Å²) in [5.74, 6) is 0. The van der Waals surface area contributed by atoms with Crippen LogP contribution in [-0.2, 0) is 7.05 Å². The number of aromatic nitrogens is 2. The maximum atomic E-state index is 9.09. The van der Waals surface area contributed by atoms with Crippen molar-refractivity contribution >= 4 is 5.71 Å². The van der Waals surface area contributed by atoms with E-state index in [0.29, 0.717) is 11.4 Å². The molecular weight excluding hydrogens is 202 g/mol. The van der Waals surface area contributed by atoms with Crippen molar-refractivity contribution in [2.45, 2.75) is 0 Å². The third-order valence-electron chi connectivity index (χ3n) is 2.30. The zero-order chi connectivity index (χ0) is 11.4. The van der Waals surface area contributed by atoms with E-state index in [4.69, 9.17) is 5.21 Å². The first-order chi connectivity index (χ1) is 7.83. The Kier molecular flexibility index (Phi) is 2.91. The second-order valence-electron chi connectivity index (χ2n) is 3.36. The van der Waals surface area contributed by atoms with E-state index in [1.54, 1.807) is 6.20 Å².